The summed E-state index contributed by atoms with van der Waals surface area (Å²) in [7, 11) is -9.13. The van der Waals surface area contributed by atoms with E-state index in [0.29, 0.717) is 55.3 Å². The lowest BCUT2D eigenvalue weighted by molar-refractivity contribution is 0.00311. The second-order valence-electron chi connectivity index (χ2n) is 18.5. The van der Waals surface area contributed by atoms with E-state index in [1.54, 1.807) is 67.8 Å². The van der Waals surface area contributed by atoms with Crippen LogP contribution in [0.2, 0.25) is 51.4 Å². The van der Waals surface area contributed by atoms with E-state index in [4.69, 9.17) is 36.8 Å². The highest BCUT2D eigenvalue weighted by Crippen LogP contribution is 2.46. The van der Waals surface area contributed by atoms with Gasteiger partial charge in [0.2, 0.25) is 0 Å². The number of methoxy groups -OCH3 is 1. The first-order valence-corrected chi connectivity index (χ1v) is 32.3. The lowest BCUT2D eigenvalue weighted by atomic mass is 9.90. The van der Waals surface area contributed by atoms with Gasteiger partial charge in [0.25, 0.3) is 0 Å². The molecule has 16 heteroatoms. The van der Waals surface area contributed by atoms with Gasteiger partial charge in [-0.2, -0.15) is 16.8 Å². The highest BCUT2D eigenvalue weighted by atomic mass is 32.2. The fourth-order valence-electron chi connectivity index (χ4n) is 6.92. The van der Waals surface area contributed by atoms with Gasteiger partial charge in [0.15, 0.2) is 13.6 Å². The molecule has 5 aromatic rings. The third-order valence-corrected chi connectivity index (χ3v) is 16.6. The molecule has 66 heavy (non-hydrogen) atoms. The molecule has 0 amide bonds. The number of aryl methyl sites for hydroxylation is 1. The third kappa shape index (κ3) is 15.3. The van der Waals surface area contributed by atoms with Crippen molar-refractivity contribution < 1.29 is 53.6 Å². The van der Waals surface area contributed by atoms with Crippen molar-refractivity contribution in [3.63, 3.8) is 0 Å². The average molecular weight is 975 g/mol. The molecule has 0 bridgehead atoms. The molecule has 5 aromatic carbocycles. The van der Waals surface area contributed by atoms with Crippen LogP contribution < -0.4 is 22.6 Å². The smallest absolute Gasteiger partial charge is 0.339 e. The molecule has 0 aliphatic carbocycles. The van der Waals surface area contributed by atoms with Crippen molar-refractivity contribution >= 4 is 42.0 Å². The maximum atomic E-state index is 13.0. The molecule has 12 nitrogen and oxygen atoms in total. The normalized spacial score (nSPS) is 15.7. The predicted octanol–water partition coefficient (Wildman–Crippen LogP) is 11.2. The van der Waals surface area contributed by atoms with Crippen LogP contribution in [0.15, 0.2) is 137 Å². The first-order valence-electron chi connectivity index (χ1n) is 22.1. The Morgan fingerprint density at radius 3 is 1.53 bits per heavy atom. The Labute approximate surface area is 393 Å². The van der Waals surface area contributed by atoms with Gasteiger partial charge in [-0.1, -0.05) is 106 Å². The summed E-state index contributed by atoms with van der Waals surface area (Å²) in [6, 6.07) is 35.5. The molecular formula is C50H62O12S2Si2. The summed E-state index contributed by atoms with van der Waals surface area (Å²) < 4.78 is 100. The number of ether oxygens (including phenoxy) is 6. The molecule has 0 aromatic heterocycles. The van der Waals surface area contributed by atoms with Crippen LogP contribution in [0.3, 0.4) is 0 Å². The number of hydrogen-bond donors (Lipinski definition) is 0. The first kappa shape index (κ1) is 50.5. The van der Waals surface area contributed by atoms with Crippen LogP contribution in [0, 0.1) is 0 Å². The Morgan fingerprint density at radius 2 is 1.08 bits per heavy atom. The summed E-state index contributed by atoms with van der Waals surface area (Å²) in [5, 5.41) is 0. The van der Waals surface area contributed by atoms with Crippen molar-refractivity contribution in [3.05, 3.63) is 144 Å². The molecule has 0 N–H and O–H groups in total. The average Bonchev–Trinajstić information content (AvgIpc) is 3.28. The summed E-state index contributed by atoms with van der Waals surface area (Å²) in [4.78, 5) is 0.128. The molecular weight excluding hydrogens is 913 g/mol. The maximum Gasteiger partial charge on any atom is 0.339 e. The fraction of sp³-hybridized carbons (Fsp3) is 0.360. The Morgan fingerprint density at radius 1 is 0.606 bits per heavy atom. The minimum absolute atomic E-state index is 0.0210. The topological polar surface area (TPSA) is 142 Å². The van der Waals surface area contributed by atoms with Crippen LogP contribution >= 0.6 is 0 Å². The quantitative estimate of drug-likeness (QED) is 0.0251. The van der Waals surface area contributed by atoms with Crippen LogP contribution in [0.1, 0.15) is 35.6 Å². The zero-order valence-corrected chi connectivity index (χ0v) is 42.5. The molecule has 354 valence electrons. The lowest BCUT2D eigenvalue weighted by Gasteiger charge is -2.31. The summed E-state index contributed by atoms with van der Waals surface area (Å²) >= 11 is 0. The van der Waals surface area contributed by atoms with E-state index >= 15 is 0 Å². The van der Waals surface area contributed by atoms with E-state index in [9.17, 15) is 16.8 Å². The fourth-order valence-corrected chi connectivity index (χ4v) is 10.3. The highest BCUT2D eigenvalue weighted by Gasteiger charge is 2.30. The van der Waals surface area contributed by atoms with Crippen LogP contribution in [0.4, 0.5) is 0 Å². The molecule has 2 atom stereocenters. The van der Waals surface area contributed by atoms with E-state index in [2.05, 4.69) is 45.4 Å². The standard InChI is InChI=1S/C50H62O12S2Si2/c1-55-44-34-48(58-36-56-28-30-65(2,3)4)50(49(35-44)59-37-57-29-31-66(5,6)7)40-32-43(25-20-38-18-23-41(24-19-38)61-63(51,52)45-14-10-8-11-15-45)60-47(33-40)39-21-26-42(27-22-39)62-64(53,54)46-16-12-9-13-17-46/h8-19,21-24,26-27,32,34-35,43,47H,20,25,28-31,33,36-37H2,1-7H3/t43-,47-/m0/s1. The van der Waals surface area contributed by atoms with Gasteiger partial charge < -0.3 is 36.8 Å². The summed E-state index contributed by atoms with van der Waals surface area (Å²) in [5.74, 6) is 1.94. The molecule has 0 unspecified atom stereocenters. The molecule has 0 fully saturated rings. The van der Waals surface area contributed by atoms with E-state index in [-0.39, 0.29) is 34.9 Å². The van der Waals surface area contributed by atoms with Crippen molar-refractivity contribution in [1.29, 1.82) is 0 Å². The van der Waals surface area contributed by atoms with E-state index < -0.39 is 48.6 Å². The zero-order valence-electron chi connectivity index (χ0n) is 38.9. The summed E-state index contributed by atoms with van der Waals surface area (Å²) in [6.45, 7) is 15.0. The Bertz CT molecular complexity index is 2530. The van der Waals surface area contributed by atoms with Gasteiger partial charge in [-0.15, -0.1) is 0 Å². The molecule has 1 aliphatic heterocycles. The lowest BCUT2D eigenvalue weighted by Crippen LogP contribution is -2.23. The Kier molecular flexibility index (Phi) is 17.4. The SMILES string of the molecule is COc1cc(OCOCC[Si](C)(C)C)c(C2=C[C@H](CCc3ccc(OS(=O)(=O)c4ccccc4)cc3)O[C@H](c3ccc(OS(=O)(=O)c4ccccc4)cc3)C2)c(OCOCC[Si](C)(C)C)c1. The Balaban J connectivity index is 1.30. The van der Waals surface area contributed by atoms with Gasteiger partial charge in [0.1, 0.15) is 38.5 Å². The molecule has 1 heterocycles. The number of benzene rings is 5. The first-order chi connectivity index (χ1) is 31.4. The van der Waals surface area contributed by atoms with Crippen molar-refractivity contribution in [2.75, 3.05) is 33.9 Å². The van der Waals surface area contributed by atoms with E-state index in [1.807, 2.05) is 36.4 Å². The van der Waals surface area contributed by atoms with Gasteiger partial charge in [-0.25, -0.2) is 0 Å². The molecule has 0 saturated heterocycles. The summed E-state index contributed by atoms with van der Waals surface area (Å²) in [6.07, 6.45) is 2.75. The van der Waals surface area contributed by atoms with Crippen LogP contribution in [-0.2, 0) is 40.9 Å². The number of hydrogen-bond acceptors (Lipinski definition) is 12. The van der Waals surface area contributed by atoms with Crippen molar-refractivity contribution in [3.8, 4) is 28.7 Å². The van der Waals surface area contributed by atoms with Crippen LogP contribution in [0.25, 0.3) is 5.57 Å². The van der Waals surface area contributed by atoms with Gasteiger partial charge in [-0.05, 0) is 90.2 Å². The van der Waals surface area contributed by atoms with Crippen molar-refractivity contribution in [2.45, 2.75) is 92.6 Å². The van der Waals surface area contributed by atoms with Crippen molar-refractivity contribution in [1.82, 2.24) is 0 Å². The largest absolute Gasteiger partial charge is 0.496 e. The molecule has 1 aliphatic rings. The van der Waals surface area contributed by atoms with Crippen LogP contribution in [-0.4, -0.2) is 73.0 Å². The van der Waals surface area contributed by atoms with Gasteiger partial charge >= 0.3 is 20.2 Å². The van der Waals surface area contributed by atoms with E-state index in [1.165, 1.54) is 24.3 Å². The molecule has 6 rings (SSSR count). The predicted molar refractivity (Wildman–Crippen MR) is 262 cm³/mol. The third-order valence-electron chi connectivity index (χ3n) is 10.7. The Hall–Kier alpha value is -4.95. The number of rotatable bonds is 24. The van der Waals surface area contributed by atoms with Crippen molar-refractivity contribution in [2.24, 2.45) is 0 Å². The second kappa shape index (κ2) is 22.7. The van der Waals surface area contributed by atoms with Gasteiger partial charge in [0.05, 0.1) is 24.9 Å². The van der Waals surface area contributed by atoms with Gasteiger partial charge in [-0.3, -0.25) is 0 Å². The zero-order chi connectivity index (χ0) is 47.4. The molecule has 0 saturated carbocycles. The summed E-state index contributed by atoms with van der Waals surface area (Å²) in [5.41, 5.74) is 3.37. The minimum atomic E-state index is -4.05. The second-order valence-corrected chi connectivity index (χ2v) is 32.8. The molecule has 0 radical (unpaired) electrons. The monoisotopic (exact) mass is 974 g/mol. The van der Waals surface area contributed by atoms with E-state index in [0.717, 1.165) is 28.8 Å². The van der Waals surface area contributed by atoms with Gasteiger partial charge in [0, 0.05) is 47.9 Å². The molecule has 0 spiro atoms. The minimum Gasteiger partial charge on any atom is -0.496 e. The maximum absolute atomic E-state index is 13.0. The highest BCUT2D eigenvalue weighted by molar-refractivity contribution is 7.87. The van der Waals surface area contributed by atoms with Crippen LogP contribution in [0.5, 0.6) is 28.7 Å².